The Kier molecular flexibility index (Phi) is 7.09. The molecule has 1 heterocycles. The quantitative estimate of drug-likeness (QED) is 0.683. The summed E-state index contributed by atoms with van der Waals surface area (Å²) in [6.07, 6.45) is 2.52. The van der Waals surface area contributed by atoms with Gasteiger partial charge in [0.15, 0.2) is 0 Å². The summed E-state index contributed by atoms with van der Waals surface area (Å²) in [6, 6.07) is 11.8. The van der Waals surface area contributed by atoms with Gasteiger partial charge in [0.1, 0.15) is 5.75 Å². The molecule has 0 aliphatic carbocycles. The van der Waals surface area contributed by atoms with E-state index in [1.165, 1.54) is 18.5 Å². The van der Waals surface area contributed by atoms with Crippen LogP contribution in [0.2, 0.25) is 0 Å². The summed E-state index contributed by atoms with van der Waals surface area (Å²) in [7, 11) is -2.01. The van der Waals surface area contributed by atoms with Crippen LogP contribution in [0.1, 0.15) is 56.2 Å². The van der Waals surface area contributed by atoms with Gasteiger partial charge in [0.05, 0.1) is 12.0 Å². The van der Waals surface area contributed by atoms with Crippen LogP contribution in [0.3, 0.4) is 0 Å². The number of rotatable bonds is 7. The molecule has 1 saturated heterocycles. The Morgan fingerprint density at radius 1 is 1.20 bits per heavy atom. The van der Waals surface area contributed by atoms with Crippen molar-refractivity contribution in [2.75, 3.05) is 25.1 Å². The molecule has 0 aromatic heterocycles. The summed E-state index contributed by atoms with van der Waals surface area (Å²) in [4.78, 5) is 2.72. The van der Waals surface area contributed by atoms with Crippen LogP contribution in [-0.4, -0.2) is 28.6 Å². The highest BCUT2D eigenvalue weighted by Gasteiger charge is 2.21. The average Bonchev–Trinajstić information content (AvgIpc) is 2.72. The molecule has 6 heteroatoms. The second-order valence-corrected chi connectivity index (χ2v) is 10.4. The van der Waals surface area contributed by atoms with Crippen molar-refractivity contribution in [2.45, 2.75) is 57.9 Å². The van der Waals surface area contributed by atoms with Crippen molar-refractivity contribution >= 4 is 15.7 Å². The number of methoxy groups -OCH3 is 1. The van der Waals surface area contributed by atoms with E-state index in [0.717, 1.165) is 30.0 Å². The summed E-state index contributed by atoms with van der Waals surface area (Å²) in [5, 5.41) is 0. The first-order valence-electron chi connectivity index (χ1n) is 10.7. The van der Waals surface area contributed by atoms with E-state index in [4.69, 9.17) is 4.74 Å². The maximum atomic E-state index is 13.0. The zero-order valence-corrected chi connectivity index (χ0v) is 19.6. The lowest BCUT2D eigenvalue weighted by molar-refractivity contribution is 0.406. The maximum absolute atomic E-state index is 13.0. The number of benzene rings is 2. The molecular formula is C24H34N2O3S. The van der Waals surface area contributed by atoms with Crippen molar-refractivity contribution in [3.8, 4) is 5.75 Å². The summed E-state index contributed by atoms with van der Waals surface area (Å²) in [5.74, 6) is 1.61. The van der Waals surface area contributed by atoms with Crippen LogP contribution in [0, 0.1) is 12.8 Å². The largest absolute Gasteiger partial charge is 0.496 e. The van der Waals surface area contributed by atoms with Crippen molar-refractivity contribution in [3.05, 3.63) is 53.1 Å². The van der Waals surface area contributed by atoms with Crippen molar-refractivity contribution < 1.29 is 13.2 Å². The van der Waals surface area contributed by atoms with Gasteiger partial charge in [-0.3, -0.25) is 0 Å². The highest BCUT2D eigenvalue weighted by molar-refractivity contribution is 7.89. The number of piperidine rings is 1. The van der Waals surface area contributed by atoms with Gasteiger partial charge in [0.2, 0.25) is 10.0 Å². The number of nitrogens with one attached hydrogen (secondary N) is 1. The monoisotopic (exact) mass is 430 g/mol. The van der Waals surface area contributed by atoms with Crippen LogP contribution < -0.4 is 14.4 Å². The minimum atomic E-state index is -3.62. The minimum Gasteiger partial charge on any atom is -0.496 e. The van der Waals surface area contributed by atoms with Crippen LogP contribution in [-0.2, 0) is 16.6 Å². The molecule has 0 unspecified atom stereocenters. The van der Waals surface area contributed by atoms with Gasteiger partial charge in [0, 0.05) is 25.3 Å². The first kappa shape index (κ1) is 22.6. The van der Waals surface area contributed by atoms with E-state index in [9.17, 15) is 8.42 Å². The van der Waals surface area contributed by atoms with Crippen molar-refractivity contribution in [2.24, 2.45) is 5.92 Å². The van der Waals surface area contributed by atoms with Gasteiger partial charge in [-0.05, 0) is 72.6 Å². The smallest absolute Gasteiger partial charge is 0.241 e. The highest BCUT2D eigenvalue weighted by Crippen LogP contribution is 2.31. The number of ether oxygens (including phenoxy) is 1. The number of hydrogen-bond donors (Lipinski definition) is 1. The van der Waals surface area contributed by atoms with Gasteiger partial charge in [-0.15, -0.1) is 0 Å². The Hall–Kier alpha value is -2.05. The van der Waals surface area contributed by atoms with Gasteiger partial charge >= 0.3 is 0 Å². The fourth-order valence-electron chi connectivity index (χ4n) is 4.10. The standard InChI is InChI=1S/C24H34N2O3S/c1-17(2)22-14-24(19(4)13-23(22)29-5)30(27,28)25-15-20-8-10-21(11-9-20)26-12-6-7-18(3)16-26/h8-11,13-14,17-18,25H,6-7,12,15-16H2,1-5H3/t18-/m0/s1. The molecule has 0 radical (unpaired) electrons. The summed E-state index contributed by atoms with van der Waals surface area (Å²) in [6.45, 7) is 10.6. The molecule has 1 atom stereocenters. The molecule has 0 saturated carbocycles. The first-order valence-corrected chi connectivity index (χ1v) is 12.2. The number of anilines is 1. The Morgan fingerprint density at radius 3 is 2.50 bits per heavy atom. The normalized spacial score (nSPS) is 17.4. The summed E-state index contributed by atoms with van der Waals surface area (Å²) >= 11 is 0. The van der Waals surface area contributed by atoms with Crippen LogP contribution >= 0.6 is 0 Å². The van der Waals surface area contributed by atoms with Gasteiger partial charge < -0.3 is 9.64 Å². The molecule has 0 spiro atoms. The van der Waals surface area contributed by atoms with E-state index < -0.39 is 10.0 Å². The predicted molar refractivity (Wildman–Crippen MR) is 123 cm³/mol. The molecular weight excluding hydrogens is 396 g/mol. The van der Waals surface area contributed by atoms with Gasteiger partial charge in [-0.25, -0.2) is 13.1 Å². The van der Waals surface area contributed by atoms with Crippen LogP contribution in [0.4, 0.5) is 5.69 Å². The average molecular weight is 431 g/mol. The Bertz CT molecular complexity index is 969. The second-order valence-electron chi connectivity index (χ2n) is 8.70. The topological polar surface area (TPSA) is 58.6 Å². The van der Waals surface area contributed by atoms with E-state index in [2.05, 4.69) is 28.7 Å². The number of nitrogens with zero attached hydrogens (tertiary/aromatic N) is 1. The third kappa shape index (κ3) is 5.16. The minimum absolute atomic E-state index is 0.166. The van der Waals surface area contributed by atoms with Crippen LogP contribution in [0.5, 0.6) is 5.75 Å². The molecule has 0 amide bonds. The molecule has 0 bridgehead atoms. The first-order chi connectivity index (χ1) is 14.2. The van der Waals surface area contributed by atoms with Crippen molar-refractivity contribution in [3.63, 3.8) is 0 Å². The van der Waals surface area contributed by atoms with Gasteiger partial charge in [-0.1, -0.05) is 32.9 Å². The SMILES string of the molecule is COc1cc(C)c(S(=O)(=O)NCc2ccc(N3CCC[C@H](C)C3)cc2)cc1C(C)C. The molecule has 30 heavy (non-hydrogen) atoms. The van der Waals surface area contributed by atoms with E-state index in [0.29, 0.717) is 16.4 Å². The Balaban J connectivity index is 1.73. The lowest BCUT2D eigenvalue weighted by Crippen LogP contribution is -2.34. The molecule has 1 fully saturated rings. The van der Waals surface area contributed by atoms with Crippen molar-refractivity contribution in [1.29, 1.82) is 0 Å². The van der Waals surface area contributed by atoms with E-state index in [1.807, 2.05) is 26.0 Å². The van der Waals surface area contributed by atoms with Crippen LogP contribution in [0.15, 0.2) is 41.3 Å². The Morgan fingerprint density at radius 2 is 1.90 bits per heavy atom. The fraction of sp³-hybridized carbons (Fsp3) is 0.500. The molecule has 3 rings (SSSR count). The van der Waals surface area contributed by atoms with E-state index in [-0.39, 0.29) is 12.5 Å². The summed E-state index contributed by atoms with van der Waals surface area (Å²) in [5.41, 5.74) is 3.73. The third-order valence-electron chi connectivity index (χ3n) is 5.86. The van der Waals surface area contributed by atoms with Crippen molar-refractivity contribution in [1.82, 2.24) is 4.72 Å². The number of sulfonamides is 1. The molecule has 164 valence electrons. The van der Waals surface area contributed by atoms with E-state index >= 15 is 0 Å². The predicted octanol–water partition coefficient (Wildman–Crippen LogP) is 4.84. The zero-order chi connectivity index (χ0) is 21.9. The highest BCUT2D eigenvalue weighted by atomic mass is 32.2. The number of hydrogen-bond acceptors (Lipinski definition) is 4. The molecule has 1 aliphatic heterocycles. The summed E-state index contributed by atoms with van der Waals surface area (Å²) < 4.78 is 34.2. The molecule has 2 aromatic carbocycles. The maximum Gasteiger partial charge on any atom is 0.241 e. The molecule has 5 nitrogen and oxygen atoms in total. The van der Waals surface area contributed by atoms with Crippen LogP contribution in [0.25, 0.3) is 0 Å². The number of aryl methyl sites for hydroxylation is 1. The zero-order valence-electron chi connectivity index (χ0n) is 18.7. The lowest BCUT2D eigenvalue weighted by Gasteiger charge is -2.32. The molecule has 2 aromatic rings. The molecule has 1 aliphatic rings. The van der Waals surface area contributed by atoms with Gasteiger partial charge in [-0.2, -0.15) is 0 Å². The van der Waals surface area contributed by atoms with Gasteiger partial charge in [0.25, 0.3) is 0 Å². The Labute approximate surface area is 181 Å². The second kappa shape index (κ2) is 9.40. The third-order valence-corrected chi connectivity index (χ3v) is 7.41. The lowest BCUT2D eigenvalue weighted by atomic mass is 9.99. The van der Waals surface area contributed by atoms with E-state index in [1.54, 1.807) is 26.2 Å². The molecule has 1 N–H and O–H groups in total. The fourth-order valence-corrected chi connectivity index (χ4v) is 5.38.